The van der Waals surface area contributed by atoms with Gasteiger partial charge in [-0.15, -0.1) is 6.42 Å². The summed E-state index contributed by atoms with van der Waals surface area (Å²) in [5.41, 5.74) is -1.93. The zero-order chi connectivity index (χ0) is 22.9. The number of aliphatic hydroxyl groups is 1. The Morgan fingerprint density at radius 2 is 1.83 bits per heavy atom. The minimum Gasteiger partial charge on any atom is -0.390 e. The van der Waals surface area contributed by atoms with E-state index in [1.165, 1.54) is 0 Å². The zero-order valence-electron chi connectivity index (χ0n) is 14.5. The molecular formula is C11H15N2O14P3. The first-order chi connectivity index (χ1) is 13.6. The fraction of sp³-hybridized carbons (Fsp3) is 0.455. The first-order valence-electron chi connectivity index (χ1n) is 7.56. The standard InChI is InChI=1S/C11H15N2O14P3/c1-2-6-4-13(11(16)12-10(6)15)9-3-7(14)8(25-9)5-24-29(20,21)27-30(22,23)26-28(17,18)19/h1,4,7-9,14H,3,5H2,(H,20,21)(H,22,23)(H,12,15,16)(H2,17,18,19)/t7?,8-,9-/m1/s1. The van der Waals surface area contributed by atoms with Gasteiger partial charge in [0.2, 0.25) is 0 Å². The van der Waals surface area contributed by atoms with Crippen molar-refractivity contribution in [1.82, 2.24) is 9.55 Å². The molecule has 0 bridgehead atoms. The second kappa shape index (κ2) is 8.97. The minimum absolute atomic E-state index is 0.204. The summed E-state index contributed by atoms with van der Waals surface area (Å²) in [7, 11) is -16.7. The molecule has 0 aromatic carbocycles. The van der Waals surface area contributed by atoms with Crippen LogP contribution in [0.3, 0.4) is 0 Å². The molecule has 5 atom stereocenters. The molecule has 0 amide bonds. The Balaban J connectivity index is 2.06. The molecule has 0 aliphatic carbocycles. The number of rotatable bonds is 8. The highest BCUT2D eigenvalue weighted by molar-refractivity contribution is 7.66. The normalized spacial score (nSPS) is 25.9. The Morgan fingerprint density at radius 1 is 1.20 bits per heavy atom. The lowest BCUT2D eigenvalue weighted by Gasteiger charge is -2.19. The van der Waals surface area contributed by atoms with Crippen molar-refractivity contribution in [2.75, 3.05) is 6.61 Å². The average Bonchev–Trinajstić information content (AvgIpc) is 2.90. The van der Waals surface area contributed by atoms with Crippen molar-refractivity contribution >= 4 is 23.5 Å². The number of nitrogens with zero attached hydrogens (tertiary/aromatic N) is 1. The maximum Gasteiger partial charge on any atom is 0.490 e. The third-order valence-electron chi connectivity index (χ3n) is 3.46. The lowest BCUT2D eigenvalue weighted by molar-refractivity contribution is -0.0450. The maximum absolute atomic E-state index is 11.9. The van der Waals surface area contributed by atoms with Crippen molar-refractivity contribution in [3.05, 3.63) is 32.6 Å². The van der Waals surface area contributed by atoms with E-state index < -0.39 is 59.8 Å². The lowest BCUT2D eigenvalue weighted by Crippen LogP contribution is -2.33. The van der Waals surface area contributed by atoms with Crippen LogP contribution in [0.25, 0.3) is 0 Å². The van der Waals surface area contributed by atoms with Gasteiger partial charge in [0.15, 0.2) is 0 Å². The Labute approximate surface area is 166 Å². The van der Waals surface area contributed by atoms with Crippen molar-refractivity contribution in [2.45, 2.75) is 24.9 Å². The molecule has 30 heavy (non-hydrogen) atoms. The quantitative estimate of drug-likeness (QED) is 0.179. The number of phosphoric acid groups is 3. The van der Waals surface area contributed by atoms with E-state index in [1.54, 1.807) is 0 Å². The molecule has 1 fully saturated rings. The summed E-state index contributed by atoms with van der Waals surface area (Å²) < 4.78 is 51.2. The summed E-state index contributed by atoms with van der Waals surface area (Å²) in [6, 6.07) is 0. The predicted molar refractivity (Wildman–Crippen MR) is 93.6 cm³/mol. The Morgan fingerprint density at radius 3 is 2.40 bits per heavy atom. The molecule has 3 unspecified atom stereocenters. The van der Waals surface area contributed by atoms with Crippen LogP contribution in [0.2, 0.25) is 0 Å². The summed E-state index contributed by atoms with van der Waals surface area (Å²) in [6.07, 6.45) is 2.02. The molecular weight excluding hydrogens is 477 g/mol. The second-order valence-corrected chi connectivity index (χ2v) is 10.1. The highest BCUT2D eigenvalue weighted by atomic mass is 31.3. The van der Waals surface area contributed by atoms with Gasteiger partial charge in [0, 0.05) is 12.6 Å². The van der Waals surface area contributed by atoms with Crippen molar-refractivity contribution < 1.29 is 56.3 Å². The van der Waals surface area contributed by atoms with Crippen LogP contribution in [0, 0.1) is 12.3 Å². The third-order valence-corrected chi connectivity index (χ3v) is 7.26. The molecule has 19 heteroatoms. The molecule has 1 aromatic heterocycles. The molecule has 0 saturated carbocycles. The third kappa shape index (κ3) is 6.79. The van der Waals surface area contributed by atoms with E-state index in [9.17, 15) is 33.3 Å². The number of aromatic amines is 1. The van der Waals surface area contributed by atoms with Crippen molar-refractivity contribution in [3.8, 4) is 12.3 Å². The number of nitrogens with one attached hydrogen (secondary N) is 1. The minimum atomic E-state index is -5.69. The van der Waals surface area contributed by atoms with Gasteiger partial charge in [-0.25, -0.2) is 18.5 Å². The van der Waals surface area contributed by atoms with Crippen LogP contribution in [0.5, 0.6) is 0 Å². The largest absolute Gasteiger partial charge is 0.490 e. The maximum atomic E-state index is 11.9. The summed E-state index contributed by atoms with van der Waals surface area (Å²) in [4.78, 5) is 60.7. The molecule has 1 aromatic rings. The predicted octanol–water partition coefficient (Wildman–Crippen LogP) is -1.49. The van der Waals surface area contributed by atoms with Gasteiger partial charge in [-0.1, -0.05) is 5.92 Å². The van der Waals surface area contributed by atoms with Gasteiger partial charge in [-0.3, -0.25) is 18.9 Å². The smallest absolute Gasteiger partial charge is 0.390 e. The number of hydrogen-bond donors (Lipinski definition) is 6. The van der Waals surface area contributed by atoms with Gasteiger partial charge in [-0.05, 0) is 0 Å². The molecule has 0 radical (unpaired) electrons. The van der Waals surface area contributed by atoms with Crippen molar-refractivity contribution in [3.63, 3.8) is 0 Å². The average molecular weight is 492 g/mol. The summed E-state index contributed by atoms with van der Waals surface area (Å²) in [5, 5.41) is 10.00. The highest BCUT2D eigenvalue weighted by Gasteiger charge is 2.42. The Bertz CT molecular complexity index is 1100. The van der Waals surface area contributed by atoms with E-state index >= 15 is 0 Å². The molecule has 16 nitrogen and oxygen atoms in total. The topological polar surface area (TPSA) is 244 Å². The molecule has 2 heterocycles. The van der Waals surface area contributed by atoms with Crippen LogP contribution in [0.15, 0.2) is 15.8 Å². The summed E-state index contributed by atoms with van der Waals surface area (Å²) in [6.45, 7) is -0.915. The number of phosphoric ester groups is 1. The van der Waals surface area contributed by atoms with Gasteiger partial charge in [0.1, 0.15) is 17.9 Å². The summed E-state index contributed by atoms with van der Waals surface area (Å²) >= 11 is 0. The molecule has 0 spiro atoms. The SMILES string of the molecule is C#Cc1cn([C@H]2CC(O)[C@@H](COP(=O)(O)OP(=O)(O)OP(=O)(O)O)O2)c(=O)[nH]c1=O. The van der Waals surface area contributed by atoms with Crippen LogP contribution in [-0.2, 0) is 31.6 Å². The van der Waals surface area contributed by atoms with E-state index in [0.29, 0.717) is 0 Å². The monoisotopic (exact) mass is 492 g/mol. The van der Waals surface area contributed by atoms with E-state index in [0.717, 1.165) is 10.8 Å². The van der Waals surface area contributed by atoms with Crippen LogP contribution >= 0.6 is 23.5 Å². The molecule has 1 aliphatic heterocycles. The van der Waals surface area contributed by atoms with Crippen LogP contribution in [0.4, 0.5) is 0 Å². The first kappa shape index (κ1) is 24.8. The van der Waals surface area contributed by atoms with Crippen LogP contribution < -0.4 is 11.2 Å². The fourth-order valence-corrected chi connectivity index (χ4v) is 5.34. The number of H-pyrrole nitrogens is 1. The van der Waals surface area contributed by atoms with Crippen molar-refractivity contribution in [2.24, 2.45) is 0 Å². The van der Waals surface area contributed by atoms with Gasteiger partial charge >= 0.3 is 29.2 Å². The van der Waals surface area contributed by atoms with Gasteiger partial charge in [0.25, 0.3) is 5.56 Å². The fourth-order valence-electron chi connectivity index (χ4n) is 2.31. The Hall–Kier alpha value is -1.43. The molecule has 168 valence electrons. The molecule has 1 saturated heterocycles. The number of aromatic nitrogens is 2. The number of hydrogen-bond acceptors (Lipinski definition) is 10. The lowest BCUT2D eigenvalue weighted by atomic mass is 10.2. The number of aliphatic hydroxyl groups excluding tert-OH is 1. The van der Waals surface area contributed by atoms with Crippen LogP contribution in [0.1, 0.15) is 18.2 Å². The zero-order valence-corrected chi connectivity index (χ0v) is 17.2. The van der Waals surface area contributed by atoms with E-state index in [4.69, 9.17) is 25.8 Å². The van der Waals surface area contributed by atoms with Gasteiger partial charge < -0.3 is 29.4 Å². The number of terminal acetylenes is 1. The van der Waals surface area contributed by atoms with E-state index in [1.807, 2.05) is 10.9 Å². The second-order valence-electron chi connectivity index (χ2n) is 5.67. The molecule has 2 rings (SSSR count). The van der Waals surface area contributed by atoms with Gasteiger partial charge in [0.05, 0.1) is 12.7 Å². The molecule has 1 aliphatic rings. The highest BCUT2D eigenvalue weighted by Crippen LogP contribution is 2.66. The van der Waals surface area contributed by atoms with E-state index in [-0.39, 0.29) is 12.0 Å². The van der Waals surface area contributed by atoms with Crippen LogP contribution in [-0.4, -0.2) is 53.0 Å². The number of ether oxygens (including phenoxy) is 1. The van der Waals surface area contributed by atoms with Gasteiger partial charge in [-0.2, -0.15) is 8.62 Å². The first-order valence-corrected chi connectivity index (χ1v) is 12.1. The summed E-state index contributed by atoms with van der Waals surface area (Å²) in [5.74, 6) is 2.04. The molecule has 6 N–H and O–H groups in total. The van der Waals surface area contributed by atoms with E-state index in [2.05, 4.69) is 13.1 Å². The van der Waals surface area contributed by atoms with Crippen molar-refractivity contribution in [1.29, 1.82) is 0 Å². The Kier molecular flexibility index (Phi) is 7.43.